The van der Waals surface area contributed by atoms with Gasteiger partial charge in [0.15, 0.2) is 5.72 Å². The van der Waals surface area contributed by atoms with Crippen LogP contribution in [0, 0.1) is 5.92 Å². The molecule has 4 rings (SSSR count). The van der Waals surface area contributed by atoms with Crippen LogP contribution in [0.2, 0.25) is 0 Å². The van der Waals surface area contributed by atoms with E-state index < -0.39 is 17.7 Å². The lowest BCUT2D eigenvalue weighted by atomic mass is 9.82. The first kappa shape index (κ1) is 19.9. The molecule has 1 aliphatic carbocycles. The summed E-state index contributed by atoms with van der Waals surface area (Å²) in [5.74, 6) is -1.13. The summed E-state index contributed by atoms with van der Waals surface area (Å²) in [7, 11) is 3.54. The van der Waals surface area contributed by atoms with Gasteiger partial charge in [-0.2, -0.15) is 0 Å². The Bertz CT molecular complexity index is 852. The van der Waals surface area contributed by atoms with Gasteiger partial charge in [-0.15, -0.1) is 0 Å². The maximum Gasteiger partial charge on any atom is 0.404 e. The summed E-state index contributed by atoms with van der Waals surface area (Å²) >= 11 is 0. The van der Waals surface area contributed by atoms with Crippen LogP contribution in [0.5, 0.6) is 0 Å². The highest BCUT2D eigenvalue weighted by Crippen LogP contribution is 2.58. The van der Waals surface area contributed by atoms with Crippen molar-refractivity contribution in [3.05, 3.63) is 22.5 Å². The van der Waals surface area contributed by atoms with E-state index in [-0.39, 0.29) is 42.6 Å². The number of rotatable bonds is 7. The summed E-state index contributed by atoms with van der Waals surface area (Å²) < 4.78 is 10.6. The van der Waals surface area contributed by atoms with Crippen molar-refractivity contribution in [2.24, 2.45) is 11.7 Å². The van der Waals surface area contributed by atoms with Gasteiger partial charge in [-0.25, -0.2) is 4.79 Å². The molecular formula is C19H26N4O6. The minimum atomic E-state index is -0.908. The molecule has 0 bridgehead atoms. The SMILES string of the molecule is COC12C(CO)C3=C(C(=O)C(C)=C(NCCCOC(N)=O)C3=O)N1CC1C2N1C. The minimum absolute atomic E-state index is 0.0264. The maximum absolute atomic E-state index is 13.4. The van der Waals surface area contributed by atoms with Crippen molar-refractivity contribution in [2.75, 3.05) is 40.5 Å². The Labute approximate surface area is 168 Å². The number of nitrogens with two attached hydrogens (primary N) is 1. The molecule has 5 unspecified atom stereocenters. The number of nitrogens with one attached hydrogen (secondary N) is 1. The molecule has 2 saturated heterocycles. The van der Waals surface area contributed by atoms with Crippen molar-refractivity contribution in [1.29, 1.82) is 0 Å². The zero-order valence-electron chi connectivity index (χ0n) is 16.7. The number of Topliss-reactive ketones (excluding diaryl/α,β-unsaturated/α-hetero) is 2. The van der Waals surface area contributed by atoms with E-state index in [1.807, 2.05) is 11.9 Å². The minimum Gasteiger partial charge on any atom is -0.450 e. The molecule has 4 N–H and O–H groups in total. The smallest absolute Gasteiger partial charge is 0.404 e. The van der Waals surface area contributed by atoms with E-state index in [0.717, 1.165) is 0 Å². The average molecular weight is 406 g/mol. The van der Waals surface area contributed by atoms with E-state index in [0.29, 0.717) is 36.4 Å². The summed E-state index contributed by atoms with van der Waals surface area (Å²) in [5.41, 5.74) is 5.25. The molecule has 0 aromatic heterocycles. The van der Waals surface area contributed by atoms with Crippen LogP contribution in [-0.4, -0.2) is 90.8 Å². The zero-order chi connectivity index (χ0) is 21.1. The number of hydrogen-bond acceptors (Lipinski definition) is 9. The number of carbonyl (C=O) groups excluding carboxylic acids is 3. The third-order valence-electron chi connectivity index (χ3n) is 6.60. The van der Waals surface area contributed by atoms with Gasteiger partial charge in [-0.05, 0) is 20.4 Å². The van der Waals surface area contributed by atoms with Gasteiger partial charge >= 0.3 is 6.09 Å². The van der Waals surface area contributed by atoms with Crippen LogP contribution in [0.1, 0.15) is 13.3 Å². The van der Waals surface area contributed by atoms with Crippen molar-refractivity contribution in [1.82, 2.24) is 15.1 Å². The molecule has 2 fully saturated rings. The molecule has 1 amide bonds. The Balaban J connectivity index is 1.59. The van der Waals surface area contributed by atoms with Crippen molar-refractivity contribution >= 4 is 17.7 Å². The van der Waals surface area contributed by atoms with E-state index in [4.69, 9.17) is 10.5 Å². The number of fused-ring (bicyclic) bond motifs is 4. The molecule has 0 aromatic carbocycles. The number of ketones is 2. The Morgan fingerprint density at radius 3 is 2.72 bits per heavy atom. The van der Waals surface area contributed by atoms with Gasteiger partial charge in [0, 0.05) is 37.4 Å². The summed E-state index contributed by atoms with van der Waals surface area (Å²) in [6, 6.07) is 0.272. The fourth-order valence-electron chi connectivity index (χ4n) is 5.24. The molecular weight excluding hydrogens is 380 g/mol. The Kier molecular flexibility index (Phi) is 4.67. The van der Waals surface area contributed by atoms with Gasteiger partial charge in [-0.1, -0.05) is 0 Å². The number of piperazine rings is 1. The average Bonchev–Trinajstić information content (AvgIpc) is 3.07. The first-order chi connectivity index (χ1) is 13.8. The van der Waals surface area contributed by atoms with Gasteiger partial charge in [-0.3, -0.25) is 14.5 Å². The van der Waals surface area contributed by atoms with Crippen molar-refractivity contribution in [3.8, 4) is 0 Å². The number of aliphatic hydroxyl groups excluding tert-OH is 1. The monoisotopic (exact) mass is 406 g/mol. The fourth-order valence-corrected chi connectivity index (χ4v) is 5.24. The largest absolute Gasteiger partial charge is 0.450 e. The van der Waals surface area contributed by atoms with Crippen LogP contribution in [0.3, 0.4) is 0 Å². The van der Waals surface area contributed by atoms with E-state index in [2.05, 4.69) is 15.0 Å². The standard InChI is InChI=1S/C19H26N4O6/c1-9-13(21-5-4-6-29-18(20)27)16(26)12-10(8-24)19(28-3)17-11(22(17)2)7-23(19)14(12)15(9)25/h10-11,17,21,24H,4-8H2,1-3H3,(H2,20,27). The normalized spacial score (nSPS) is 35.0. The molecule has 4 aliphatic rings. The predicted octanol–water partition coefficient (Wildman–Crippen LogP) is -1.30. The fraction of sp³-hybridized carbons (Fsp3) is 0.632. The van der Waals surface area contributed by atoms with E-state index in [1.165, 1.54) is 0 Å². The van der Waals surface area contributed by atoms with Crippen LogP contribution in [0.4, 0.5) is 4.79 Å². The van der Waals surface area contributed by atoms with Crippen LogP contribution in [-0.2, 0) is 19.1 Å². The van der Waals surface area contributed by atoms with Crippen molar-refractivity contribution in [2.45, 2.75) is 31.2 Å². The number of carbonyl (C=O) groups is 3. The Morgan fingerprint density at radius 1 is 1.38 bits per heavy atom. The molecule has 5 atom stereocenters. The summed E-state index contributed by atoms with van der Waals surface area (Å²) in [6.07, 6.45) is -0.427. The molecule has 158 valence electrons. The molecule has 10 heteroatoms. The quantitative estimate of drug-likeness (QED) is 0.268. The van der Waals surface area contributed by atoms with Gasteiger partial charge < -0.3 is 30.5 Å². The van der Waals surface area contributed by atoms with E-state index in [9.17, 15) is 19.5 Å². The third kappa shape index (κ3) is 2.55. The number of primary amides is 1. The van der Waals surface area contributed by atoms with Gasteiger partial charge in [0.1, 0.15) is 0 Å². The summed E-state index contributed by atoms with van der Waals surface area (Å²) in [4.78, 5) is 41.2. The highest BCUT2D eigenvalue weighted by molar-refractivity contribution is 6.25. The number of likely N-dealkylation sites (N-methyl/N-ethyl adjacent to an activating group) is 1. The second-order valence-electron chi connectivity index (χ2n) is 7.85. The summed E-state index contributed by atoms with van der Waals surface area (Å²) in [6.45, 7) is 2.36. The highest BCUT2D eigenvalue weighted by Gasteiger charge is 2.75. The lowest BCUT2D eigenvalue weighted by molar-refractivity contribution is -0.144. The Hall–Kier alpha value is -2.43. The highest BCUT2D eigenvalue weighted by atomic mass is 16.5. The van der Waals surface area contributed by atoms with Gasteiger partial charge in [0.2, 0.25) is 11.6 Å². The van der Waals surface area contributed by atoms with Gasteiger partial charge in [0.25, 0.3) is 0 Å². The first-order valence-corrected chi connectivity index (χ1v) is 9.67. The van der Waals surface area contributed by atoms with Crippen molar-refractivity contribution in [3.63, 3.8) is 0 Å². The van der Waals surface area contributed by atoms with Crippen LogP contribution in [0.15, 0.2) is 22.5 Å². The lowest BCUT2D eigenvalue weighted by Gasteiger charge is -2.40. The number of ether oxygens (including phenoxy) is 2. The van der Waals surface area contributed by atoms with Crippen LogP contribution in [0.25, 0.3) is 0 Å². The molecule has 29 heavy (non-hydrogen) atoms. The van der Waals surface area contributed by atoms with Crippen LogP contribution >= 0.6 is 0 Å². The molecule has 10 nitrogen and oxygen atoms in total. The van der Waals surface area contributed by atoms with E-state index >= 15 is 0 Å². The predicted molar refractivity (Wildman–Crippen MR) is 100 cm³/mol. The number of hydrogen-bond donors (Lipinski definition) is 3. The number of nitrogens with zero attached hydrogens (tertiary/aromatic N) is 2. The number of allylic oxidation sites excluding steroid dienone is 2. The van der Waals surface area contributed by atoms with Crippen LogP contribution < -0.4 is 11.1 Å². The van der Waals surface area contributed by atoms with E-state index in [1.54, 1.807) is 14.0 Å². The molecule has 0 radical (unpaired) electrons. The topological polar surface area (TPSA) is 134 Å². The molecule has 0 spiro atoms. The summed E-state index contributed by atoms with van der Waals surface area (Å²) in [5, 5.41) is 13.2. The first-order valence-electron chi connectivity index (χ1n) is 9.67. The number of aliphatic hydroxyl groups is 1. The molecule has 3 heterocycles. The maximum atomic E-state index is 13.4. The second-order valence-corrected chi connectivity index (χ2v) is 7.85. The zero-order valence-corrected chi connectivity index (χ0v) is 16.7. The lowest BCUT2D eigenvalue weighted by Crippen LogP contribution is -2.55. The third-order valence-corrected chi connectivity index (χ3v) is 6.60. The Morgan fingerprint density at radius 2 is 2.10 bits per heavy atom. The molecule has 0 aromatic rings. The van der Waals surface area contributed by atoms with Crippen molar-refractivity contribution < 1.29 is 29.0 Å². The van der Waals surface area contributed by atoms with Gasteiger partial charge in [0.05, 0.1) is 36.6 Å². The molecule has 0 saturated carbocycles. The number of amides is 1. The number of methoxy groups -OCH3 is 1. The molecule has 3 aliphatic heterocycles. The second kappa shape index (κ2) is 6.82.